The highest BCUT2D eigenvalue weighted by atomic mass is 16.5. The maximum absolute atomic E-state index is 12.5. The molecule has 0 heterocycles. The number of para-hydroxylation sites is 1. The molecule has 3 aromatic carbocycles. The minimum Gasteiger partial charge on any atom is -0.496 e. The first-order valence-electron chi connectivity index (χ1n) is 9.48. The number of carbonyl (C=O) groups excluding carboxylic acids is 2. The summed E-state index contributed by atoms with van der Waals surface area (Å²) < 4.78 is 11.0. The molecule has 0 fully saturated rings. The molecule has 0 atom stereocenters. The minimum absolute atomic E-state index is 0.0850. The molecular weight excluding hydrogens is 366 g/mol. The van der Waals surface area contributed by atoms with Crippen molar-refractivity contribution in [3.8, 4) is 16.9 Å². The molecule has 0 radical (unpaired) electrons. The molecule has 1 N–H and O–H groups in total. The van der Waals surface area contributed by atoms with Crippen molar-refractivity contribution in [1.82, 2.24) is 5.32 Å². The average molecular weight is 387 g/mol. The van der Waals surface area contributed by atoms with Gasteiger partial charge in [0.05, 0.1) is 19.1 Å². The monoisotopic (exact) mass is 387 g/mol. The van der Waals surface area contributed by atoms with E-state index in [4.69, 9.17) is 9.47 Å². The van der Waals surface area contributed by atoms with E-state index in [9.17, 15) is 9.59 Å². The van der Waals surface area contributed by atoms with E-state index in [0.717, 1.165) is 22.3 Å². The van der Waals surface area contributed by atoms with Gasteiger partial charge < -0.3 is 14.8 Å². The van der Waals surface area contributed by atoms with Gasteiger partial charge in [0.25, 0.3) is 5.91 Å². The van der Waals surface area contributed by atoms with Crippen molar-refractivity contribution < 1.29 is 19.1 Å². The number of esters is 1. The van der Waals surface area contributed by atoms with E-state index >= 15 is 0 Å². The van der Waals surface area contributed by atoms with Crippen molar-refractivity contribution in [2.75, 3.05) is 13.7 Å². The molecule has 29 heavy (non-hydrogen) atoms. The maximum Gasteiger partial charge on any atom is 0.308 e. The van der Waals surface area contributed by atoms with Crippen LogP contribution >= 0.6 is 0 Å². The van der Waals surface area contributed by atoms with Crippen molar-refractivity contribution in [2.24, 2.45) is 0 Å². The number of hydrogen-bond donors (Lipinski definition) is 1. The number of carbonyl (C=O) groups is 2. The molecule has 0 unspecified atom stereocenters. The SMILES string of the molecule is COc1ccccc1C(=O)NCCC(=O)OC1c2ccccc2-c2ccccc21. The lowest BCUT2D eigenvalue weighted by molar-refractivity contribution is -0.147. The first-order valence-corrected chi connectivity index (χ1v) is 9.48. The predicted molar refractivity (Wildman–Crippen MR) is 110 cm³/mol. The molecule has 0 spiro atoms. The molecule has 5 heteroatoms. The number of amides is 1. The highest BCUT2D eigenvalue weighted by Gasteiger charge is 2.30. The van der Waals surface area contributed by atoms with Crippen LogP contribution in [0.3, 0.4) is 0 Å². The van der Waals surface area contributed by atoms with Gasteiger partial charge in [0.2, 0.25) is 0 Å². The van der Waals surface area contributed by atoms with Crippen molar-refractivity contribution >= 4 is 11.9 Å². The molecule has 0 aliphatic heterocycles. The van der Waals surface area contributed by atoms with Crippen LogP contribution in [0.2, 0.25) is 0 Å². The van der Waals surface area contributed by atoms with E-state index in [0.29, 0.717) is 11.3 Å². The zero-order chi connectivity index (χ0) is 20.2. The second-order valence-electron chi connectivity index (χ2n) is 6.75. The molecule has 3 aromatic rings. The molecule has 0 bridgehead atoms. The van der Waals surface area contributed by atoms with Gasteiger partial charge in [-0.25, -0.2) is 0 Å². The molecule has 4 rings (SSSR count). The third-order valence-electron chi connectivity index (χ3n) is 4.99. The molecule has 1 aliphatic rings. The third kappa shape index (κ3) is 3.72. The summed E-state index contributed by atoms with van der Waals surface area (Å²) in [6, 6.07) is 22.8. The Balaban J connectivity index is 1.39. The lowest BCUT2D eigenvalue weighted by Crippen LogP contribution is -2.27. The van der Waals surface area contributed by atoms with Crippen LogP contribution in [0.5, 0.6) is 5.75 Å². The van der Waals surface area contributed by atoms with Gasteiger partial charge in [-0.2, -0.15) is 0 Å². The second-order valence-corrected chi connectivity index (χ2v) is 6.75. The Morgan fingerprint density at radius 1 is 0.862 bits per heavy atom. The molecule has 1 aliphatic carbocycles. The van der Waals surface area contributed by atoms with Crippen LogP contribution in [-0.2, 0) is 9.53 Å². The smallest absolute Gasteiger partial charge is 0.308 e. The standard InChI is InChI=1S/C24H21NO4/c1-28-21-13-7-6-12-20(21)24(27)25-15-14-22(26)29-23-18-10-4-2-8-16(18)17-9-3-5-11-19(17)23/h2-13,23H,14-15H2,1H3,(H,25,27). The van der Waals surface area contributed by atoms with Gasteiger partial charge in [0.1, 0.15) is 5.75 Å². The Bertz CT molecular complexity index is 1010. The van der Waals surface area contributed by atoms with Gasteiger partial charge in [-0.3, -0.25) is 9.59 Å². The summed E-state index contributed by atoms with van der Waals surface area (Å²) in [6.07, 6.45) is -0.332. The predicted octanol–water partition coefficient (Wildman–Crippen LogP) is 4.13. The molecule has 0 aromatic heterocycles. The fourth-order valence-corrected chi connectivity index (χ4v) is 3.63. The van der Waals surface area contributed by atoms with Gasteiger partial charge in [-0.1, -0.05) is 60.7 Å². The summed E-state index contributed by atoms with van der Waals surface area (Å²) in [5, 5.41) is 2.75. The summed E-state index contributed by atoms with van der Waals surface area (Å²) in [7, 11) is 1.51. The van der Waals surface area contributed by atoms with E-state index < -0.39 is 6.10 Å². The highest BCUT2D eigenvalue weighted by Crippen LogP contribution is 2.45. The molecule has 146 valence electrons. The Labute approximate surface area is 169 Å². The summed E-state index contributed by atoms with van der Waals surface area (Å²) in [5.74, 6) is -0.152. The summed E-state index contributed by atoms with van der Waals surface area (Å²) in [5.41, 5.74) is 4.58. The van der Waals surface area contributed by atoms with Crippen LogP contribution in [-0.4, -0.2) is 25.5 Å². The maximum atomic E-state index is 12.5. The quantitative estimate of drug-likeness (QED) is 0.646. The third-order valence-corrected chi connectivity index (χ3v) is 4.99. The number of rotatable bonds is 6. The average Bonchev–Trinajstić information content (AvgIpc) is 3.07. The van der Waals surface area contributed by atoms with Crippen molar-refractivity contribution in [2.45, 2.75) is 12.5 Å². The second kappa shape index (κ2) is 8.19. The number of ether oxygens (including phenoxy) is 2. The van der Waals surface area contributed by atoms with E-state index in [1.165, 1.54) is 7.11 Å². The van der Waals surface area contributed by atoms with Crippen LogP contribution < -0.4 is 10.1 Å². The van der Waals surface area contributed by atoms with Crippen LogP contribution in [0.25, 0.3) is 11.1 Å². The first kappa shape index (κ1) is 18.7. The summed E-state index contributed by atoms with van der Waals surface area (Å²) in [4.78, 5) is 24.8. The van der Waals surface area contributed by atoms with Crippen molar-refractivity contribution in [1.29, 1.82) is 0 Å². The fourth-order valence-electron chi connectivity index (χ4n) is 3.63. The lowest BCUT2D eigenvalue weighted by atomic mass is 10.1. The van der Waals surface area contributed by atoms with E-state index in [2.05, 4.69) is 5.32 Å². The molecule has 0 saturated heterocycles. The Morgan fingerprint density at radius 2 is 1.45 bits per heavy atom. The normalized spacial score (nSPS) is 12.0. The van der Waals surface area contributed by atoms with Crippen molar-refractivity contribution in [3.63, 3.8) is 0 Å². The van der Waals surface area contributed by atoms with E-state index in [1.54, 1.807) is 24.3 Å². The van der Waals surface area contributed by atoms with E-state index in [1.807, 2.05) is 48.5 Å². The summed E-state index contributed by atoms with van der Waals surface area (Å²) >= 11 is 0. The van der Waals surface area contributed by atoms with Gasteiger partial charge in [0, 0.05) is 17.7 Å². The topological polar surface area (TPSA) is 64.6 Å². The zero-order valence-corrected chi connectivity index (χ0v) is 16.1. The largest absolute Gasteiger partial charge is 0.496 e. The number of nitrogens with one attached hydrogen (secondary N) is 1. The molecule has 5 nitrogen and oxygen atoms in total. The van der Waals surface area contributed by atoms with E-state index in [-0.39, 0.29) is 24.8 Å². The van der Waals surface area contributed by atoms with Crippen LogP contribution in [0.1, 0.15) is 34.0 Å². The minimum atomic E-state index is -0.417. The fraction of sp³-hybridized carbons (Fsp3) is 0.167. The van der Waals surface area contributed by atoms with Crippen LogP contribution in [0, 0.1) is 0 Å². The zero-order valence-electron chi connectivity index (χ0n) is 16.1. The Morgan fingerprint density at radius 3 is 2.10 bits per heavy atom. The van der Waals surface area contributed by atoms with Gasteiger partial charge in [0.15, 0.2) is 6.10 Å². The highest BCUT2D eigenvalue weighted by molar-refractivity contribution is 5.97. The van der Waals surface area contributed by atoms with Crippen molar-refractivity contribution in [3.05, 3.63) is 89.5 Å². The molecule has 0 saturated carbocycles. The molecule has 1 amide bonds. The van der Waals surface area contributed by atoms with Crippen LogP contribution in [0.4, 0.5) is 0 Å². The van der Waals surface area contributed by atoms with Gasteiger partial charge in [-0.05, 0) is 23.3 Å². The number of hydrogen-bond acceptors (Lipinski definition) is 4. The molecular formula is C24H21NO4. The number of fused-ring (bicyclic) bond motifs is 3. The number of benzene rings is 3. The van der Waals surface area contributed by atoms with Gasteiger partial charge in [-0.15, -0.1) is 0 Å². The first-order chi connectivity index (χ1) is 14.2. The van der Waals surface area contributed by atoms with Crippen LogP contribution in [0.15, 0.2) is 72.8 Å². The van der Waals surface area contributed by atoms with Gasteiger partial charge >= 0.3 is 5.97 Å². The lowest BCUT2D eigenvalue weighted by Gasteiger charge is -2.15. The Kier molecular flexibility index (Phi) is 5.29. The summed E-state index contributed by atoms with van der Waals surface area (Å²) in [6.45, 7) is 0.186. The number of methoxy groups -OCH3 is 1. The Hall–Kier alpha value is -3.60.